The maximum Gasteiger partial charge on any atom is 0.243 e. The van der Waals surface area contributed by atoms with Crippen LogP contribution in [0.15, 0.2) is 23.1 Å². The van der Waals surface area contributed by atoms with Crippen molar-refractivity contribution in [2.75, 3.05) is 37.7 Å². The third-order valence-corrected chi connectivity index (χ3v) is 5.76. The number of hydrogen-bond acceptors (Lipinski definition) is 6. The lowest BCUT2D eigenvalue weighted by molar-refractivity contribution is -0.117. The highest BCUT2D eigenvalue weighted by molar-refractivity contribution is 7.89. The van der Waals surface area contributed by atoms with E-state index in [1.165, 1.54) is 30.0 Å². The molecule has 0 aliphatic carbocycles. The third-order valence-electron chi connectivity index (χ3n) is 3.86. The van der Waals surface area contributed by atoms with Crippen molar-refractivity contribution >= 4 is 21.6 Å². The van der Waals surface area contributed by atoms with Crippen molar-refractivity contribution in [3.05, 3.63) is 18.2 Å². The summed E-state index contributed by atoms with van der Waals surface area (Å²) < 4.78 is 32.4. The summed E-state index contributed by atoms with van der Waals surface area (Å²) in [4.78, 5) is 13.5. The van der Waals surface area contributed by atoms with E-state index >= 15 is 0 Å². The summed E-state index contributed by atoms with van der Waals surface area (Å²) in [5.74, 6) is 0.219. The summed E-state index contributed by atoms with van der Waals surface area (Å²) in [5.41, 5.74) is -0.195. The van der Waals surface area contributed by atoms with Crippen LogP contribution in [0, 0.1) is 0 Å². The number of aliphatic hydroxyl groups is 2. The number of aliphatic hydroxyl groups excluding tert-OH is 2. The molecule has 2 N–H and O–H groups in total. The zero-order valence-electron chi connectivity index (χ0n) is 14.6. The molecule has 1 heterocycles. The van der Waals surface area contributed by atoms with Crippen molar-refractivity contribution in [1.82, 2.24) is 4.31 Å². The monoisotopic (exact) mass is 372 g/mol. The Bertz CT molecular complexity index is 741. The van der Waals surface area contributed by atoms with E-state index in [1.54, 1.807) is 0 Å². The van der Waals surface area contributed by atoms with Gasteiger partial charge in [-0.1, -0.05) is 0 Å². The fraction of sp³-hybridized carbons (Fsp3) is 0.562. The molecule has 1 aromatic carbocycles. The van der Waals surface area contributed by atoms with Crippen molar-refractivity contribution < 1.29 is 28.2 Å². The van der Waals surface area contributed by atoms with Crippen LogP contribution in [0.25, 0.3) is 0 Å². The number of rotatable bonds is 6. The molecule has 0 bridgehead atoms. The quantitative estimate of drug-likeness (QED) is 0.738. The average Bonchev–Trinajstić information content (AvgIpc) is 2.52. The van der Waals surface area contributed by atoms with Gasteiger partial charge in [0.25, 0.3) is 0 Å². The number of benzene rings is 1. The van der Waals surface area contributed by atoms with E-state index < -0.39 is 15.6 Å². The summed E-state index contributed by atoms with van der Waals surface area (Å²) in [6.45, 7) is 4.44. The molecule has 1 amide bonds. The van der Waals surface area contributed by atoms with Crippen LogP contribution in [0.3, 0.4) is 0 Å². The van der Waals surface area contributed by atoms with Crippen LogP contribution >= 0.6 is 0 Å². The molecule has 0 atom stereocenters. The van der Waals surface area contributed by atoms with E-state index in [1.807, 2.05) is 13.8 Å². The largest absolute Gasteiger partial charge is 0.484 e. The molecule has 0 fully saturated rings. The molecular weight excluding hydrogens is 348 g/mol. The SMILES string of the molecule is CC(=O)N1CC(C)(C)Oc2ccc(S(=O)(=O)N(CCO)CCO)cc21. The van der Waals surface area contributed by atoms with Crippen LogP contribution in [0.1, 0.15) is 20.8 Å². The third kappa shape index (κ3) is 4.12. The summed E-state index contributed by atoms with van der Waals surface area (Å²) in [5, 5.41) is 18.2. The number of anilines is 1. The Hall–Kier alpha value is -1.68. The van der Waals surface area contributed by atoms with Gasteiger partial charge in [0, 0.05) is 20.0 Å². The molecule has 1 aliphatic heterocycles. The minimum atomic E-state index is -3.92. The predicted octanol–water partition coefficient (Wildman–Crippen LogP) is 0.186. The Balaban J connectivity index is 2.49. The van der Waals surface area contributed by atoms with Gasteiger partial charge in [0.1, 0.15) is 11.4 Å². The second-order valence-electron chi connectivity index (χ2n) is 6.45. The molecule has 140 valence electrons. The van der Waals surface area contributed by atoms with Crippen LogP contribution in [-0.2, 0) is 14.8 Å². The van der Waals surface area contributed by atoms with Gasteiger partial charge in [-0.25, -0.2) is 8.42 Å². The number of nitrogens with zero attached hydrogens (tertiary/aromatic N) is 2. The first-order valence-electron chi connectivity index (χ1n) is 7.95. The van der Waals surface area contributed by atoms with Crippen molar-refractivity contribution in [2.24, 2.45) is 0 Å². The predicted molar refractivity (Wildman–Crippen MR) is 92.1 cm³/mol. The molecule has 1 aliphatic rings. The number of sulfonamides is 1. The van der Waals surface area contributed by atoms with Gasteiger partial charge in [0.2, 0.25) is 15.9 Å². The average molecular weight is 372 g/mol. The second kappa shape index (κ2) is 7.28. The van der Waals surface area contributed by atoms with E-state index in [4.69, 9.17) is 14.9 Å². The number of ether oxygens (including phenoxy) is 1. The molecule has 25 heavy (non-hydrogen) atoms. The summed E-state index contributed by atoms with van der Waals surface area (Å²) in [7, 11) is -3.92. The van der Waals surface area contributed by atoms with Crippen molar-refractivity contribution in [2.45, 2.75) is 31.3 Å². The second-order valence-corrected chi connectivity index (χ2v) is 8.39. The summed E-state index contributed by atoms with van der Waals surface area (Å²) in [6, 6.07) is 4.31. The minimum absolute atomic E-state index is 0.0253. The van der Waals surface area contributed by atoms with Gasteiger partial charge >= 0.3 is 0 Å². The molecule has 9 heteroatoms. The van der Waals surface area contributed by atoms with Crippen LogP contribution in [0.4, 0.5) is 5.69 Å². The molecule has 0 aromatic heterocycles. The van der Waals surface area contributed by atoms with Gasteiger partial charge in [-0.2, -0.15) is 4.31 Å². The number of hydrogen-bond donors (Lipinski definition) is 2. The van der Waals surface area contributed by atoms with E-state index in [0.717, 1.165) is 4.31 Å². The summed E-state index contributed by atoms with van der Waals surface area (Å²) >= 11 is 0. The van der Waals surface area contributed by atoms with Crippen molar-refractivity contribution in [3.63, 3.8) is 0 Å². The Morgan fingerprint density at radius 3 is 2.40 bits per heavy atom. The Morgan fingerprint density at radius 2 is 1.88 bits per heavy atom. The summed E-state index contributed by atoms with van der Waals surface area (Å²) in [6.07, 6.45) is 0. The first-order valence-corrected chi connectivity index (χ1v) is 9.39. The van der Waals surface area contributed by atoms with Gasteiger partial charge in [0.15, 0.2) is 0 Å². The van der Waals surface area contributed by atoms with E-state index in [9.17, 15) is 13.2 Å². The zero-order valence-corrected chi connectivity index (χ0v) is 15.4. The topological polar surface area (TPSA) is 107 Å². The van der Waals surface area contributed by atoms with Gasteiger partial charge in [-0.15, -0.1) is 0 Å². The fourth-order valence-electron chi connectivity index (χ4n) is 2.76. The first-order chi connectivity index (χ1) is 11.6. The van der Waals surface area contributed by atoms with Gasteiger partial charge < -0.3 is 19.8 Å². The number of carbonyl (C=O) groups excluding carboxylic acids is 1. The lowest BCUT2D eigenvalue weighted by Gasteiger charge is -2.39. The normalized spacial score (nSPS) is 16.5. The molecule has 1 aromatic rings. The Labute approximate surface area is 147 Å². The van der Waals surface area contributed by atoms with Crippen LogP contribution in [0.2, 0.25) is 0 Å². The van der Waals surface area contributed by atoms with Crippen LogP contribution < -0.4 is 9.64 Å². The van der Waals surface area contributed by atoms with E-state index in [0.29, 0.717) is 18.0 Å². The Kier molecular flexibility index (Phi) is 5.72. The van der Waals surface area contributed by atoms with Gasteiger partial charge in [-0.05, 0) is 32.0 Å². The molecule has 0 unspecified atom stereocenters. The lowest BCUT2D eigenvalue weighted by atomic mass is 10.1. The zero-order chi connectivity index (χ0) is 18.8. The number of carbonyl (C=O) groups is 1. The highest BCUT2D eigenvalue weighted by Crippen LogP contribution is 2.39. The van der Waals surface area contributed by atoms with Crippen LogP contribution in [-0.4, -0.2) is 67.3 Å². The fourth-order valence-corrected chi connectivity index (χ4v) is 4.20. The molecule has 0 saturated heterocycles. The molecule has 0 radical (unpaired) electrons. The molecule has 8 nitrogen and oxygen atoms in total. The van der Waals surface area contributed by atoms with E-state index in [-0.39, 0.29) is 37.1 Å². The minimum Gasteiger partial charge on any atom is -0.484 e. The molecule has 0 spiro atoms. The van der Waals surface area contributed by atoms with Gasteiger partial charge in [0.05, 0.1) is 30.3 Å². The first kappa shape index (κ1) is 19.6. The molecule has 0 saturated carbocycles. The smallest absolute Gasteiger partial charge is 0.243 e. The number of amides is 1. The molecular formula is C16H24N2O6S. The van der Waals surface area contributed by atoms with Crippen molar-refractivity contribution in [3.8, 4) is 5.75 Å². The van der Waals surface area contributed by atoms with Gasteiger partial charge in [-0.3, -0.25) is 4.79 Å². The Morgan fingerprint density at radius 1 is 1.28 bits per heavy atom. The highest BCUT2D eigenvalue weighted by Gasteiger charge is 2.35. The number of fused-ring (bicyclic) bond motifs is 1. The maximum atomic E-state index is 12.8. The highest BCUT2D eigenvalue weighted by atomic mass is 32.2. The molecule has 2 rings (SSSR count). The maximum absolute atomic E-state index is 12.8. The van der Waals surface area contributed by atoms with E-state index in [2.05, 4.69) is 0 Å². The van der Waals surface area contributed by atoms with Crippen molar-refractivity contribution in [1.29, 1.82) is 0 Å². The van der Waals surface area contributed by atoms with Crippen LogP contribution in [0.5, 0.6) is 5.75 Å². The standard InChI is InChI=1S/C16H24N2O6S/c1-12(21)18-11-16(2,3)24-15-5-4-13(10-14(15)18)25(22,23)17(6-8-19)7-9-20/h4-5,10,19-20H,6-9,11H2,1-3H3. The lowest BCUT2D eigenvalue weighted by Crippen LogP contribution is -2.48.